The first-order valence-corrected chi connectivity index (χ1v) is 11.5. The predicted molar refractivity (Wildman–Crippen MR) is 126 cm³/mol. The minimum Gasteiger partial charge on any atom is -0.369 e. The number of nitrogens with one attached hydrogen (secondary N) is 2. The molecule has 13 heteroatoms. The van der Waals surface area contributed by atoms with E-state index in [9.17, 15) is 40.7 Å². The molecule has 0 aliphatic carbocycles. The molecule has 3 rings (SSSR count). The summed E-state index contributed by atoms with van der Waals surface area (Å²) in [5.41, 5.74) is 6.90. The third-order valence-corrected chi connectivity index (χ3v) is 5.94. The van der Waals surface area contributed by atoms with E-state index in [-0.39, 0.29) is 5.71 Å². The largest absolute Gasteiger partial charge is 0.389 e. The number of amides is 3. The molecular formula is C25H24F6N4O3. The molecule has 204 valence electrons. The van der Waals surface area contributed by atoms with Crippen LogP contribution < -0.4 is 16.4 Å². The van der Waals surface area contributed by atoms with Gasteiger partial charge in [-0.25, -0.2) is 4.99 Å². The van der Waals surface area contributed by atoms with Gasteiger partial charge in [-0.15, -0.1) is 0 Å². The van der Waals surface area contributed by atoms with Gasteiger partial charge >= 0.3 is 12.4 Å². The molecule has 38 heavy (non-hydrogen) atoms. The van der Waals surface area contributed by atoms with Crippen LogP contribution >= 0.6 is 0 Å². The highest BCUT2D eigenvalue weighted by atomic mass is 19.4. The zero-order chi connectivity index (χ0) is 28.1. The summed E-state index contributed by atoms with van der Waals surface area (Å²) in [4.78, 5) is 42.4. The summed E-state index contributed by atoms with van der Waals surface area (Å²) in [5, 5.41) is 4.80. The summed E-state index contributed by atoms with van der Waals surface area (Å²) < 4.78 is 77.4. The van der Waals surface area contributed by atoms with Crippen LogP contribution in [0.3, 0.4) is 0 Å². The number of benzene rings is 2. The molecule has 2 aromatic rings. The fourth-order valence-electron chi connectivity index (χ4n) is 4.12. The van der Waals surface area contributed by atoms with E-state index in [4.69, 9.17) is 5.73 Å². The van der Waals surface area contributed by atoms with Crippen LogP contribution in [0.4, 0.5) is 32.0 Å². The molecular weight excluding hydrogens is 518 g/mol. The van der Waals surface area contributed by atoms with Crippen molar-refractivity contribution in [1.29, 1.82) is 0 Å². The number of fused-ring (bicyclic) bond motifs is 1. The van der Waals surface area contributed by atoms with Crippen molar-refractivity contribution in [1.82, 2.24) is 5.32 Å². The number of halogens is 6. The molecule has 1 aliphatic heterocycles. The number of para-hydroxylation sites is 1. The van der Waals surface area contributed by atoms with Crippen molar-refractivity contribution in [2.45, 2.75) is 44.2 Å². The molecule has 1 heterocycles. The van der Waals surface area contributed by atoms with Gasteiger partial charge in [-0.3, -0.25) is 14.4 Å². The third kappa shape index (κ3) is 7.80. The summed E-state index contributed by atoms with van der Waals surface area (Å²) in [6, 6.07) is 15.1. The zero-order valence-electron chi connectivity index (χ0n) is 19.8. The molecule has 0 spiro atoms. The second-order valence-electron chi connectivity index (χ2n) is 8.71. The number of nitrogens with zero attached hydrogens (tertiary/aromatic N) is 1. The van der Waals surface area contributed by atoms with Gasteiger partial charge in [0.25, 0.3) is 5.91 Å². The Balaban J connectivity index is 1.96. The summed E-state index contributed by atoms with van der Waals surface area (Å²) >= 11 is 0. The second-order valence-corrected chi connectivity index (χ2v) is 8.71. The summed E-state index contributed by atoms with van der Waals surface area (Å²) in [6.45, 7) is 0. The molecule has 2 aromatic carbocycles. The second kappa shape index (κ2) is 11.7. The molecule has 0 bridgehead atoms. The Hall–Kier alpha value is -3.90. The smallest absolute Gasteiger partial charge is 0.369 e. The lowest BCUT2D eigenvalue weighted by Crippen LogP contribution is -2.48. The van der Waals surface area contributed by atoms with Gasteiger partial charge < -0.3 is 16.4 Å². The van der Waals surface area contributed by atoms with Gasteiger partial charge in [0.1, 0.15) is 0 Å². The van der Waals surface area contributed by atoms with E-state index in [2.05, 4.69) is 15.6 Å². The number of nitrogens with two attached hydrogens (primary N) is 1. The first-order valence-electron chi connectivity index (χ1n) is 11.5. The molecule has 0 saturated carbocycles. The molecule has 1 aliphatic rings. The molecule has 0 unspecified atom stereocenters. The fourth-order valence-corrected chi connectivity index (χ4v) is 4.12. The van der Waals surface area contributed by atoms with E-state index >= 15 is 0 Å². The molecule has 0 fully saturated rings. The van der Waals surface area contributed by atoms with Crippen LogP contribution in [-0.2, 0) is 14.4 Å². The van der Waals surface area contributed by atoms with Gasteiger partial charge in [0.2, 0.25) is 18.0 Å². The highest BCUT2D eigenvalue weighted by molar-refractivity contribution is 6.19. The van der Waals surface area contributed by atoms with E-state index in [0.717, 1.165) is 0 Å². The summed E-state index contributed by atoms with van der Waals surface area (Å²) in [6.07, 6.45) is -16.2. The number of rotatable bonds is 9. The first-order chi connectivity index (χ1) is 17.7. The average molecular weight is 542 g/mol. The molecule has 3 atom stereocenters. The van der Waals surface area contributed by atoms with Gasteiger partial charge in [-0.1, -0.05) is 48.5 Å². The predicted octanol–water partition coefficient (Wildman–Crippen LogP) is 4.32. The maximum Gasteiger partial charge on any atom is 0.389 e. The van der Waals surface area contributed by atoms with Crippen LogP contribution in [0.15, 0.2) is 59.6 Å². The lowest BCUT2D eigenvalue weighted by molar-refractivity contribution is -0.152. The van der Waals surface area contributed by atoms with Crippen molar-refractivity contribution in [2.24, 2.45) is 22.6 Å². The average Bonchev–Trinajstić information content (AvgIpc) is 2.96. The number of hydrogen-bond acceptors (Lipinski definition) is 4. The monoisotopic (exact) mass is 542 g/mol. The lowest BCUT2D eigenvalue weighted by atomic mass is 9.83. The number of carbonyl (C=O) groups is 3. The van der Waals surface area contributed by atoms with Crippen LogP contribution in [0.5, 0.6) is 0 Å². The van der Waals surface area contributed by atoms with Crippen molar-refractivity contribution in [2.75, 3.05) is 5.32 Å². The van der Waals surface area contributed by atoms with Crippen LogP contribution in [-0.4, -0.2) is 42.0 Å². The minimum atomic E-state index is -4.76. The standard InChI is InChI=1S/C25H24F6N4O3/c26-24(27,28)12-10-15(20(32)36)16(11-13-25(29,30)31)22(37)35-21-23(38)33-18-9-5-4-8-17(18)19(34-21)14-6-2-1-3-7-14/h1-9,15-16,21H,10-13H2,(H2,32,36)(H,33,38)(H,35,37)/t15-,16+,21-/m1/s1. The van der Waals surface area contributed by atoms with Crippen LogP contribution in [0.25, 0.3) is 0 Å². The van der Waals surface area contributed by atoms with E-state index in [1.54, 1.807) is 54.6 Å². The molecule has 0 radical (unpaired) electrons. The Bertz CT molecular complexity index is 1200. The Morgan fingerprint density at radius 1 is 0.895 bits per heavy atom. The number of carbonyl (C=O) groups excluding carboxylic acids is 3. The fraction of sp³-hybridized carbons (Fsp3) is 0.360. The molecule has 3 amide bonds. The van der Waals surface area contributed by atoms with Gasteiger partial charge in [-0.05, 0) is 18.9 Å². The first kappa shape index (κ1) is 28.7. The van der Waals surface area contributed by atoms with E-state index in [1.807, 2.05) is 0 Å². The number of aliphatic imine (C=N–C) groups is 1. The van der Waals surface area contributed by atoms with Crippen molar-refractivity contribution >= 4 is 29.1 Å². The number of alkyl halides is 6. The van der Waals surface area contributed by atoms with E-state index < -0.39 is 73.8 Å². The van der Waals surface area contributed by atoms with Crippen LogP contribution in [0, 0.1) is 11.8 Å². The Morgan fingerprint density at radius 3 is 2.03 bits per heavy atom. The van der Waals surface area contributed by atoms with E-state index in [1.165, 1.54) is 0 Å². The van der Waals surface area contributed by atoms with E-state index in [0.29, 0.717) is 16.8 Å². The van der Waals surface area contributed by atoms with Crippen LogP contribution in [0.2, 0.25) is 0 Å². The quantitative estimate of drug-likeness (QED) is 0.410. The Morgan fingerprint density at radius 2 is 1.45 bits per heavy atom. The molecule has 0 aromatic heterocycles. The van der Waals surface area contributed by atoms with Crippen molar-refractivity contribution in [3.05, 3.63) is 65.7 Å². The lowest BCUT2D eigenvalue weighted by Gasteiger charge is -2.26. The van der Waals surface area contributed by atoms with Gasteiger partial charge in [0.05, 0.1) is 11.4 Å². The number of benzodiazepines with no additional fused rings is 1. The SMILES string of the molecule is NC(=O)[C@H](CCC(F)(F)F)[C@H](CCC(F)(F)F)C(=O)N[C@H]1N=C(c2ccccc2)c2ccccc2NC1=O. The maximum absolute atomic E-state index is 13.2. The Kier molecular flexibility index (Phi) is 8.79. The minimum absolute atomic E-state index is 0.278. The highest BCUT2D eigenvalue weighted by Crippen LogP contribution is 2.33. The number of anilines is 1. The third-order valence-electron chi connectivity index (χ3n) is 5.94. The van der Waals surface area contributed by atoms with Gasteiger partial charge in [0, 0.05) is 35.8 Å². The zero-order valence-corrected chi connectivity index (χ0v) is 19.8. The van der Waals surface area contributed by atoms with Crippen molar-refractivity contribution < 1.29 is 40.7 Å². The summed E-state index contributed by atoms with van der Waals surface area (Å²) in [5.74, 6) is -7.18. The number of primary amides is 1. The topological polar surface area (TPSA) is 114 Å². The molecule has 4 N–H and O–H groups in total. The highest BCUT2D eigenvalue weighted by Gasteiger charge is 2.40. The Labute approximate surface area is 213 Å². The van der Waals surface area contributed by atoms with Crippen molar-refractivity contribution in [3.63, 3.8) is 0 Å². The van der Waals surface area contributed by atoms with Crippen LogP contribution in [0.1, 0.15) is 36.8 Å². The molecule has 7 nitrogen and oxygen atoms in total. The normalized spacial score (nSPS) is 17.4. The molecule has 0 saturated heterocycles. The number of hydrogen-bond donors (Lipinski definition) is 3. The van der Waals surface area contributed by atoms with Crippen molar-refractivity contribution in [3.8, 4) is 0 Å². The maximum atomic E-state index is 13.2. The summed E-state index contributed by atoms with van der Waals surface area (Å²) in [7, 11) is 0. The van der Waals surface area contributed by atoms with Gasteiger partial charge in [-0.2, -0.15) is 26.3 Å². The van der Waals surface area contributed by atoms with Gasteiger partial charge in [0.15, 0.2) is 0 Å².